The summed E-state index contributed by atoms with van der Waals surface area (Å²) in [6, 6.07) is 10.2. The van der Waals surface area contributed by atoms with E-state index in [9.17, 15) is 15.3 Å². The first-order valence-electron chi connectivity index (χ1n) is 7.66. The van der Waals surface area contributed by atoms with E-state index in [4.69, 9.17) is 0 Å². The Hall–Kier alpha value is -0.900. The van der Waals surface area contributed by atoms with Gasteiger partial charge in [0.15, 0.2) is 0 Å². The molecule has 5 atom stereocenters. The Morgan fingerprint density at radius 1 is 1.10 bits per heavy atom. The fourth-order valence-electron chi connectivity index (χ4n) is 3.24. The molecule has 1 aliphatic carbocycles. The van der Waals surface area contributed by atoms with Crippen LogP contribution in [0.3, 0.4) is 0 Å². The van der Waals surface area contributed by atoms with E-state index < -0.39 is 12.2 Å². The summed E-state index contributed by atoms with van der Waals surface area (Å²) in [5.74, 6) is 0.252. The van der Waals surface area contributed by atoms with Gasteiger partial charge in [-0.1, -0.05) is 37.3 Å². The highest BCUT2D eigenvalue weighted by molar-refractivity contribution is 5.14. The molecule has 2 rings (SSSR count). The van der Waals surface area contributed by atoms with Crippen LogP contribution < -0.4 is 0 Å². The van der Waals surface area contributed by atoms with Crippen LogP contribution in [-0.4, -0.2) is 33.6 Å². The van der Waals surface area contributed by atoms with Crippen molar-refractivity contribution in [2.45, 2.75) is 57.3 Å². The molecule has 1 unspecified atom stereocenters. The fraction of sp³-hybridized carbons (Fsp3) is 0.647. The maximum atomic E-state index is 10.1. The van der Waals surface area contributed by atoms with Crippen LogP contribution in [0.15, 0.2) is 30.3 Å². The molecule has 3 nitrogen and oxygen atoms in total. The van der Waals surface area contributed by atoms with Gasteiger partial charge in [-0.3, -0.25) is 0 Å². The highest BCUT2D eigenvalue weighted by atomic mass is 16.3. The van der Waals surface area contributed by atoms with Gasteiger partial charge in [0.25, 0.3) is 0 Å². The van der Waals surface area contributed by atoms with E-state index >= 15 is 0 Å². The lowest BCUT2D eigenvalue weighted by atomic mass is 9.89. The predicted octanol–water partition coefficient (Wildman–Crippen LogP) is 2.14. The molecule has 0 spiro atoms. The highest BCUT2D eigenvalue weighted by Crippen LogP contribution is 2.35. The number of benzene rings is 1. The molecule has 20 heavy (non-hydrogen) atoms. The SMILES string of the molecule is C[C@H]1C(O)C[C@@H](O)[C@@H]1CC[C@@H](O)CCc1ccccc1. The zero-order valence-corrected chi connectivity index (χ0v) is 12.2. The van der Waals surface area contributed by atoms with E-state index in [0.717, 1.165) is 19.3 Å². The molecule has 1 aromatic rings. The lowest BCUT2D eigenvalue weighted by Gasteiger charge is -2.21. The predicted molar refractivity (Wildman–Crippen MR) is 79.3 cm³/mol. The van der Waals surface area contributed by atoms with Crippen LogP contribution in [0.5, 0.6) is 0 Å². The molecule has 1 aromatic carbocycles. The van der Waals surface area contributed by atoms with Crippen molar-refractivity contribution in [3.8, 4) is 0 Å². The lowest BCUT2D eigenvalue weighted by molar-refractivity contribution is 0.0898. The highest BCUT2D eigenvalue weighted by Gasteiger charge is 2.38. The van der Waals surface area contributed by atoms with Gasteiger partial charge in [-0.15, -0.1) is 0 Å². The Morgan fingerprint density at radius 2 is 1.80 bits per heavy atom. The molecule has 3 N–H and O–H groups in total. The minimum atomic E-state index is -0.415. The van der Waals surface area contributed by atoms with Crippen LogP contribution in [0.2, 0.25) is 0 Å². The Balaban J connectivity index is 1.71. The lowest BCUT2D eigenvalue weighted by Crippen LogP contribution is -2.21. The van der Waals surface area contributed by atoms with Gasteiger partial charge >= 0.3 is 0 Å². The number of aryl methyl sites for hydroxylation is 1. The molecule has 1 fully saturated rings. The molecule has 0 heterocycles. The zero-order chi connectivity index (χ0) is 14.5. The van der Waals surface area contributed by atoms with E-state index in [1.54, 1.807) is 0 Å². The summed E-state index contributed by atoms with van der Waals surface area (Å²) in [7, 11) is 0. The van der Waals surface area contributed by atoms with Gasteiger partial charge < -0.3 is 15.3 Å². The summed E-state index contributed by atoms with van der Waals surface area (Å²) in [6.07, 6.45) is 2.47. The summed E-state index contributed by atoms with van der Waals surface area (Å²) < 4.78 is 0. The van der Waals surface area contributed by atoms with E-state index in [2.05, 4.69) is 12.1 Å². The Bertz CT molecular complexity index is 392. The van der Waals surface area contributed by atoms with Crippen molar-refractivity contribution in [2.24, 2.45) is 11.8 Å². The van der Waals surface area contributed by atoms with Crippen LogP contribution in [0, 0.1) is 11.8 Å². The molecule has 0 bridgehead atoms. The fourth-order valence-corrected chi connectivity index (χ4v) is 3.24. The van der Waals surface area contributed by atoms with Crippen molar-refractivity contribution in [1.82, 2.24) is 0 Å². The van der Waals surface area contributed by atoms with Crippen molar-refractivity contribution in [3.05, 3.63) is 35.9 Å². The van der Waals surface area contributed by atoms with Crippen LogP contribution in [-0.2, 0) is 6.42 Å². The Kier molecular flexibility index (Phi) is 5.58. The van der Waals surface area contributed by atoms with E-state index in [0.29, 0.717) is 12.8 Å². The van der Waals surface area contributed by atoms with Gasteiger partial charge in [0.2, 0.25) is 0 Å². The van der Waals surface area contributed by atoms with Crippen LogP contribution in [0.25, 0.3) is 0 Å². The number of aliphatic hydroxyl groups is 3. The van der Waals surface area contributed by atoms with Crippen LogP contribution in [0.4, 0.5) is 0 Å². The maximum Gasteiger partial charge on any atom is 0.0596 e. The van der Waals surface area contributed by atoms with Gasteiger partial charge in [0, 0.05) is 0 Å². The smallest absolute Gasteiger partial charge is 0.0596 e. The second kappa shape index (κ2) is 7.21. The molecule has 0 saturated heterocycles. The second-order valence-electron chi connectivity index (χ2n) is 6.15. The van der Waals surface area contributed by atoms with Crippen LogP contribution >= 0.6 is 0 Å². The Labute approximate surface area is 121 Å². The third-order valence-electron chi connectivity index (χ3n) is 4.70. The zero-order valence-electron chi connectivity index (χ0n) is 12.2. The summed E-state index contributed by atoms with van der Waals surface area (Å²) >= 11 is 0. The number of hydrogen-bond acceptors (Lipinski definition) is 3. The monoisotopic (exact) mass is 278 g/mol. The average molecular weight is 278 g/mol. The largest absolute Gasteiger partial charge is 0.393 e. The van der Waals surface area contributed by atoms with Crippen molar-refractivity contribution < 1.29 is 15.3 Å². The number of aliphatic hydroxyl groups excluding tert-OH is 3. The molecule has 112 valence electrons. The normalized spacial score (nSPS) is 31.4. The maximum absolute atomic E-state index is 10.1. The van der Waals surface area contributed by atoms with Crippen molar-refractivity contribution in [1.29, 1.82) is 0 Å². The third kappa shape index (κ3) is 4.05. The van der Waals surface area contributed by atoms with E-state index in [1.165, 1.54) is 5.56 Å². The molecule has 0 aliphatic heterocycles. The summed E-state index contributed by atoms with van der Waals surface area (Å²) in [4.78, 5) is 0. The number of hydrogen-bond donors (Lipinski definition) is 3. The summed E-state index contributed by atoms with van der Waals surface area (Å²) in [5.41, 5.74) is 1.25. The van der Waals surface area contributed by atoms with E-state index in [-0.39, 0.29) is 17.9 Å². The van der Waals surface area contributed by atoms with Crippen molar-refractivity contribution in [2.75, 3.05) is 0 Å². The molecular weight excluding hydrogens is 252 g/mol. The molecule has 0 radical (unpaired) electrons. The quantitative estimate of drug-likeness (QED) is 0.747. The topological polar surface area (TPSA) is 60.7 Å². The minimum Gasteiger partial charge on any atom is -0.393 e. The van der Waals surface area contributed by atoms with E-state index in [1.807, 2.05) is 25.1 Å². The van der Waals surface area contributed by atoms with Crippen molar-refractivity contribution >= 4 is 0 Å². The summed E-state index contributed by atoms with van der Waals surface area (Å²) in [6.45, 7) is 1.99. The Morgan fingerprint density at radius 3 is 2.40 bits per heavy atom. The molecule has 0 aromatic heterocycles. The van der Waals surface area contributed by atoms with Gasteiger partial charge in [-0.05, 0) is 49.5 Å². The first-order valence-corrected chi connectivity index (χ1v) is 7.66. The molecular formula is C17H26O3. The molecule has 1 aliphatic rings. The first kappa shape index (κ1) is 15.5. The van der Waals surface area contributed by atoms with Crippen molar-refractivity contribution in [3.63, 3.8) is 0 Å². The second-order valence-corrected chi connectivity index (χ2v) is 6.15. The molecule has 3 heteroatoms. The minimum absolute atomic E-state index is 0.122. The first-order chi connectivity index (χ1) is 9.58. The van der Waals surface area contributed by atoms with Gasteiger partial charge in [0.05, 0.1) is 18.3 Å². The average Bonchev–Trinajstić information content (AvgIpc) is 2.69. The van der Waals surface area contributed by atoms with Crippen LogP contribution in [0.1, 0.15) is 38.2 Å². The molecule has 0 amide bonds. The van der Waals surface area contributed by atoms with Gasteiger partial charge in [-0.2, -0.15) is 0 Å². The third-order valence-corrected chi connectivity index (χ3v) is 4.70. The summed E-state index contributed by atoms with van der Waals surface area (Å²) in [5, 5.41) is 29.7. The standard InChI is InChI=1S/C17H26O3/c1-12-15(17(20)11-16(12)19)10-9-14(18)8-7-13-5-3-2-4-6-13/h2-6,12,14-20H,7-11H2,1H3/t12-,14+,15-,16?,17-/m1/s1. The molecule has 1 saturated carbocycles. The number of rotatable bonds is 6. The van der Waals surface area contributed by atoms with Gasteiger partial charge in [-0.25, -0.2) is 0 Å². The van der Waals surface area contributed by atoms with Gasteiger partial charge in [0.1, 0.15) is 0 Å².